The normalized spacial score (nSPS) is 26.7. The topological polar surface area (TPSA) is 486 Å². The van der Waals surface area contributed by atoms with Crippen LogP contribution in [0.5, 0.6) is 0 Å². The van der Waals surface area contributed by atoms with E-state index < -0.39 is 83.7 Å². The van der Waals surface area contributed by atoms with Crippen LogP contribution in [-0.4, -0.2) is 300 Å². The molecule has 138 heavy (non-hydrogen) atoms. The van der Waals surface area contributed by atoms with Gasteiger partial charge >= 0.3 is 5.97 Å². The number of aliphatic hydroxyl groups is 3. The number of esters is 1. The standard InChI is InChI=1S/C99H137N19O20/c1-62-19-12-11-13-20-63(2)83(128-8)51-76-27-24-68(7)99(127,138-76)92(124)95(125)116-32-16-14-23-79(116)96(126)136-84(52-81(120)64(3)46-67(6)90(123)91(130-10)89(122)66(5)45-62)65(4)47-69-25-28-78(85(48-69)129-9)118-80(55-107-111-118)71-22-18-21-70(49-71)73-53-103-98(104-54-73)114-35-34-113(75(58-114)59-119)56-74-57-115(112-109-74)36-38-132-39-40-133-42-44-135-61-134-43-41-131-37-30-86(121)102-31-15-17-33-117-94-87(93(100)105-60-106-94)88(110-117)72-26-29-82-77(50-72)108-97(101)137-82/h11-13,18-22,26,29,46,49-50,53-55,57,60,62,64-66,68-69,75-76,78-79,83-85,90-91,119,123,127H,14-17,23-25,27-28,30-45,47-48,51-52,56,58-59,61H2,1-10H3,(H2,101,108)(H,102,121)(H2,100,105,106)/b13-11+,19-12+,63-20+,67-46+/t62-,64-,65-,66-,68-,69+,75?,76+,78+,79+,83+,84+,85-,90-,91+,99-/m1/s1. The predicted molar refractivity (Wildman–Crippen MR) is 511 cm³/mol. The number of fused-ring (bicyclic) bond motifs is 5. The average Bonchev–Trinajstić information content (AvgIpc) is 1.73. The number of nitrogens with zero attached hydrogens (tertiary/aromatic N) is 16. The van der Waals surface area contributed by atoms with Gasteiger partial charge in [-0.15, -0.1) is 10.2 Å². The van der Waals surface area contributed by atoms with Gasteiger partial charge in [-0.25, -0.2) is 38.8 Å². The fourth-order valence-electron chi connectivity index (χ4n) is 19.1. The number of piperazine rings is 1. The number of Topliss-reactive ketones (excluding diaryl/α,β-unsaturated/α-hetero) is 3. The molecule has 1 saturated carbocycles. The Morgan fingerprint density at radius 3 is 2.29 bits per heavy atom. The van der Waals surface area contributed by atoms with Gasteiger partial charge in [0.2, 0.25) is 17.6 Å². The predicted octanol–water partition coefficient (Wildman–Crippen LogP) is 9.19. The third-order valence-electron chi connectivity index (χ3n) is 27.1. The highest BCUT2D eigenvalue weighted by atomic mass is 16.7. The van der Waals surface area contributed by atoms with E-state index in [4.69, 9.17) is 78.3 Å². The van der Waals surface area contributed by atoms with E-state index in [1.165, 1.54) is 18.3 Å². The number of hydrogen-bond donors (Lipinski definition) is 6. The number of nitrogen functional groups attached to an aromatic ring is 2. The number of aryl methyl sites for hydroxylation is 1. The first-order valence-electron chi connectivity index (χ1n) is 48.3. The SMILES string of the molecule is CO[C@H]1C[C@@H]2CC[C@@H](C)[C@@](O)(O2)C(=O)C(=O)N2CCCC[C@H]2C(=O)O[C@H]([C@H](C)C[C@@H]2CC[C@H](n3nncc3-c3cccc(-c4cnc(N5CCN(Cc6cn(CCOCCOCCOCOCCOCCC(=O)NCCCCn7nc(-c8ccc9oc(N)nc9c8)c8c(N)ncnc87)nn6)C(CO)C5)nc4)c3)[C@H](OC)C2)CC(=O)[C@H](C)/C=C(\C)[C@@H](O)[C@@H](OC)C(=O)[C@H](C)C[C@H](C)/C=C/C=C/C=C/1C. The van der Waals surface area contributed by atoms with Crippen LogP contribution in [0.15, 0.2) is 126 Å². The van der Waals surface area contributed by atoms with Crippen molar-refractivity contribution in [1.29, 1.82) is 0 Å². The fraction of sp³-hybridized carbons (Fsp3) is 0.596. The number of benzene rings is 2. The van der Waals surface area contributed by atoms with Gasteiger partial charge in [-0.3, -0.25) is 28.9 Å². The lowest BCUT2D eigenvalue weighted by molar-refractivity contribution is -0.265. The highest BCUT2D eigenvalue weighted by Gasteiger charge is 2.53. The minimum absolute atomic E-state index is 0.0206. The maximum Gasteiger partial charge on any atom is 0.329 e. The number of methoxy groups -OCH3 is 3. The minimum atomic E-state index is -2.49. The van der Waals surface area contributed by atoms with E-state index in [0.29, 0.717) is 195 Å². The van der Waals surface area contributed by atoms with Gasteiger partial charge in [-0.1, -0.05) is 99.7 Å². The summed E-state index contributed by atoms with van der Waals surface area (Å²) in [4.78, 5) is 114. The van der Waals surface area contributed by atoms with Gasteiger partial charge in [-0.05, 0) is 150 Å². The number of nitrogens with two attached hydrogens (primary N) is 2. The summed E-state index contributed by atoms with van der Waals surface area (Å²) in [6.07, 6.45) is 21.6. The summed E-state index contributed by atoms with van der Waals surface area (Å²) in [5.41, 5.74) is 20.5. The zero-order valence-corrected chi connectivity index (χ0v) is 81.0. The molecule has 0 radical (unpaired) electrons. The minimum Gasteiger partial charge on any atom is -0.460 e. The Morgan fingerprint density at radius 2 is 1.52 bits per heavy atom. The van der Waals surface area contributed by atoms with Crippen LogP contribution in [0.3, 0.4) is 0 Å². The Hall–Kier alpha value is -10.9. The van der Waals surface area contributed by atoms with E-state index in [9.17, 15) is 44.1 Å². The van der Waals surface area contributed by atoms with Crippen molar-refractivity contribution in [2.75, 3.05) is 137 Å². The smallest absolute Gasteiger partial charge is 0.329 e. The summed E-state index contributed by atoms with van der Waals surface area (Å²) in [5.74, 6) is -7.78. The van der Waals surface area contributed by atoms with Crippen molar-refractivity contribution in [2.45, 2.75) is 225 Å². The van der Waals surface area contributed by atoms with Crippen LogP contribution in [0, 0.1) is 35.5 Å². The largest absolute Gasteiger partial charge is 0.460 e. The van der Waals surface area contributed by atoms with Gasteiger partial charge in [0.15, 0.2) is 17.0 Å². The van der Waals surface area contributed by atoms with Gasteiger partial charge in [0, 0.05) is 139 Å². The highest BCUT2D eigenvalue weighted by Crippen LogP contribution is 2.43. The molecule has 8 aromatic rings. The first-order chi connectivity index (χ1) is 66.7. The highest BCUT2D eigenvalue weighted by molar-refractivity contribution is 6.39. The van der Waals surface area contributed by atoms with Crippen molar-refractivity contribution in [3.05, 3.63) is 127 Å². The Labute approximate surface area is 804 Å². The van der Waals surface area contributed by atoms with Gasteiger partial charge in [-0.2, -0.15) is 10.1 Å². The lowest BCUT2D eigenvalue weighted by Crippen LogP contribution is -2.61. The molecule has 1 aliphatic carbocycles. The second-order valence-electron chi connectivity index (χ2n) is 37.1. The lowest BCUT2D eigenvalue weighted by Gasteiger charge is -2.42. The van der Waals surface area contributed by atoms with Crippen LogP contribution in [-0.2, 0) is 95.8 Å². The maximum absolute atomic E-state index is 15.0. The van der Waals surface area contributed by atoms with Crippen LogP contribution < -0.4 is 21.7 Å². The van der Waals surface area contributed by atoms with Gasteiger partial charge in [0.1, 0.15) is 60.3 Å². The van der Waals surface area contributed by atoms with Crippen molar-refractivity contribution in [3.8, 4) is 33.6 Å². The monoisotopic (exact) mass is 1910 g/mol. The second kappa shape index (κ2) is 50.8. The van der Waals surface area contributed by atoms with Crippen molar-refractivity contribution < 1.29 is 95.9 Å². The van der Waals surface area contributed by atoms with Gasteiger partial charge in [0.05, 0.1) is 119 Å². The summed E-state index contributed by atoms with van der Waals surface area (Å²) < 4.78 is 69.7. The average molecular weight is 1910 g/mol. The Morgan fingerprint density at radius 1 is 0.754 bits per heavy atom. The third kappa shape index (κ3) is 27.4. The number of carbonyl (C=O) groups excluding carboxylic acids is 6. The van der Waals surface area contributed by atoms with E-state index in [0.717, 1.165) is 52.1 Å². The van der Waals surface area contributed by atoms with Crippen molar-refractivity contribution in [3.63, 3.8) is 0 Å². The molecular weight excluding hydrogens is 1780 g/mol. The number of aliphatic hydroxyl groups excluding tert-OH is 2. The molecule has 39 heteroatoms. The summed E-state index contributed by atoms with van der Waals surface area (Å²) in [5, 5.41) is 61.0. The number of oxazole rings is 1. The number of piperidine rings is 1. The van der Waals surface area contributed by atoms with E-state index in [2.05, 4.69) is 56.8 Å². The molecule has 4 fully saturated rings. The molecule has 10 heterocycles. The number of amides is 2. The number of cyclic esters (lactones) is 1. The second-order valence-corrected chi connectivity index (χ2v) is 37.1. The molecule has 5 aliphatic rings. The van der Waals surface area contributed by atoms with Crippen LogP contribution >= 0.6 is 0 Å². The molecular formula is C99H137N19O20. The Kier molecular flexibility index (Phi) is 38.4. The van der Waals surface area contributed by atoms with Gasteiger partial charge in [0.25, 0.3) is 17.7 Å². The maximum atomic E-state index is 15.0. The number of carbonyl (C=O) groups is 6. The molecule has 0 spiro atoms. The first-order valence-corrected chi connectivity index (χ1v) is 48.3. The quantitative estimate of drug-likeness (QED) is 0.00700. The number of ketones is 3. The van der Waals surface area contributed by atoms with Crippen LogP contribution in [0.1, 0.15) is 157 Å². The molecule has 8 N–H and O–H groups in total. The summed E-state index contributed by atoms with van der Waals surface area (Å²) in [6, 6.07) is 11.9. The summed E-state index contributed by atoms with van der Waals surface area (Å²) in [7, 11) is 4.63. The van der Waals surface area contributed by atoms with Crippen molar-refractivity contribution >= 4 is 75.0 Å². The molecule has 2 bridgehead atoms. The van der Waals surface area contributed by atoms with E-state index in [1.807, 2.05) is 99.3 Å². The third-order valence-corrected chi connectivity index (χ3v) is 27.1. The van der Waals surface area contributed by atoms with Crippen molar-refractivity contribution in [2.24, 2.45) is 35.5 Å². The number of anilines is 3. The Balaban J connectivity index is 0.529. The molecule has 6 aromatic heterocycles. The van der Waals surface area contributed by atoms with E-state index in [-0.39, 0.29) is 106 Å². The lowest BCUT2D eigenvalue weighted by atomic mass is 9.77. The zero-order chi connectivity index (χ0) is 97.9. The molecule has 3 saturated heterocycles. The molecule has 1 unspecified atom stereocenters. The Bertz CT molecular complexity index is 5470. The van der Waals surface area contributed by atoms with Crippen LogP contribution in [0.25, 0.3) is 55.8 Å². The first kappa shape index (κ1) is 104. The van der Waals surface area contributed by atoms with E-state index >= 15 is 0 Å². The molecule has 2 amide bonds. The molecule has 39 nitrogen and oxygen atoms in total. The fourth-order valence-corrected chi connectivity index (χ4v) is 19.1. The summed E-state index contributed by atoms with van der Waals surface area (Å²) in [6.45, 7) is 19.2. The number of nitrogens with one attached hydrogen (secondary N) is 1. The number of unbranched alkanes of at least 4 members (excludes halogenated alkanes) is 1. The van der Waals surface area contributed by atoms with Gasteiger partial charge < -0.3 is 93.7 Å². The van der Waals surface area contributed by atoms with Crippen molar-refractivity contribution in [1.82, 2.24) is 79.8 Å². The number of hydrogen-bond acceptors (Lipinski definition) is 34. The molecule has 748 valence electrons. The van der Waals surface area contributed by atoms with Crippen LogP contribution in [0.2, 0.25) is 0 Å². The number of aromatic nitrogens is 13. The molecule has 16 atom stereocenters. The van der Waals surface area contributed by atoms with Crippen LogP contribution in [0.4, 0.5) is 17.8 Å². The number of allylic oxidation sites excluding steroid dienone is 6. The number of ether oxygens (including phenoxy) is 10. The van der Waals surface area contributed by atoms with E-state index in [1.54, 1.807) is 75.1 Å². The molecule has 13 rings (SSSR count). The molecule has 4 aliphatic heterocycles. The summed E-state index contributed by atoms with van der Waals surface area (Å²) >= 11 is 0. The number of rotatable bonds is 36. The molecule has 2 aromatic carbocycles. The zero-order valence-electron chi connectivity index (χ0n) is 81.0.